The van der Waals surface area contributed by atoms with Crippen LogP contribution in [0.2, 0.25) is 0 Å². The van der Waals surface area contributed by atoms with Crippen LogP contribution in [0, 0.1) is 0 Å². The average Bonchev–Trinajstić information content (AvgIpc) is 2.97. The van der Waals surface area contributed by atoms with Crippen molar-refractivity contribution >= 4 is 19.8 Å². The van der Waals surface area contributed by atoms with Crippen LogP contribution >= 0.6 is 7.82 Å². The number of hydrogen-bond donors (Lipinski definition) is 1. The predicted molar refractivity (Wildman–Crippen MR) is 175 cm³/mol. The van der Waals surface area contributed by atoms with Crippen molar-refractivity contribution in [2.75, 3.05) is 19.8 Å². The van der Waals surface area contributed by atoms with Crippen LogP contribution in [-0.4, -0.2) is 42.8 Å². The van der Waals surface area contributed by atoms with Gasteiger partial charge in [-0.25, -0.2) is 4.57 Å². The summed E-state index contributed by atoms with van der Waals surface area (Å²) >= 11 is 0. The van der Waals surface area contributed by atoms with E-state index < -0.39 is 26.5 Å². The average molecular weight is 633 g/mol. The maximum absolute atomic E-state index is 12.4. The molecule has 0 aromatic carbocycles. The summed E-state index contributed by atoms with van der Waals surface area (Å²) in [7, 11) is -4.26. The zero-order valence-corrected chi connectivity index (χ0v) is 28.8. The van der Waals surface area contributed by atoms with Gasteiger partial charge in [0.15, 0.2) is 6.10 Å². The minimum Gasteiger partial charge on any atom is -0.462 e. The first kappa shape index (κ1) is 41.8. The number of rotatable bonds is 32. The summed E-state index contributed by atoms with van der Waals surface area (Å²) in [6.45, 7) is 5.41. The van der Waals surface area contributed by atoms with E-state index in [-0.39, 0.29) is 32.0 Å². The normalized spacial score (nSPS) is 13.7. The molecule has 0 spiro atoms. The van der Waals surface area contributed by atoms with Gasteiger partial charge in [0.1, 0.15) is 6.61 Å². The Bertz CT molecular complexity index is 727. The number of phosphoric ester groups is 1. The fourth-order valence-corrected chi connectivity index (χ4v) is 5.50. The third-order valence-electron chi connectivity index (χ3n) is 7.32. The van der Waals surface area contributed by atoms with Gasteiger partial charge in [-0.15, -0.1) is 0 Å². The van der Waals surface area contributed by atoms with Crippen molar-refractivity contribution in [3.63, 3.8) is 0 Å². The van der Waals surface area contributed by atoms with Crippen LogP contribution in [0.15, 0.2) is 12.2 Å². The Morgan fingerprint density at radius 1 is 0.605 bits per heavy atom. The van der Waals surface area contributed by atoms with Crippen molar-refractivity contribution in [2.24, 2.45) is 0 Å². The van der Waals surface area contributed by atoms with Crippen molar-refractivity contribution in [3.05, 3.63) is 12.2 Å². The van der Waals surface area contributed by atoms with Gasteiger partial charge in [0.05, 0.1) is 13.2 Å². The number of carbonyl (C=O) groups is 2. The fraction of sp³-hybridized carbons (Fsp3) is 0.882. The zero-order chi connectivity index (χ0) is 31.9. The van der Waals surface area contributed by atoms with E-state index in [9.17, 15) is 19.0 Å². The molecule has 1 unspecified atom stereocenters. The second-order valence-corrected chi connectivity index (χ2v) is 13.0. The van der Waals surface area contributed by atoms with Gasteiger partial charge in [0.25, 0.3) is 0 Å². The summed E-state index contributed by atoms with van der Waals surface area (Å²) in [5, 5.41) is 0. The molecule has 0 aromatic heterocycles. The van der Waals surface area contributed by atoms with E-state index in [0.29, 0.717) is 0 Å². The largest absolute Gasteiger partial charge is 0.472 e. The van der Waals surface area contributed by atoms with Gasteiger partial charge in [0, 0.05) is 12.8 Å². The number of unbranched alkanes of at least 4 members (excludes halogenated alkanes) is 18. The van der Waals surface area contributed by atoms with Crippen LogP contribution < -0.4 is 0 Å². The van der Waals surface area contributed by atoms with Crippen LogP contribution in [0.1, 0.15) is 168 Å². The molecule has 0 saturated heterocycles. The molecule has 0 aromatic rings. The van der Waals surface area contributed by atoms with E-state index in [4.69, 9.17) is 18.5 Å². The SMILES string of the molecule is CCCCCC/C=C\CCCCCCCC(=O)OC[C@H](COP(=O)(O)OCC)OC(=O)CCCCCCCCCCCC. The molecule has 0 saturated carbocycles. The highest BCUT2D eigenvalue weighted by atomic mass is 31.2. The molecule has 8 nitrogen and oxygen atoms in total. The van der Waals surface area contributed by atoms with Crippen molar-refractivity contribution in [3.8, 4) is 0 Å². The first-order chi connectivity index (χ1) is 20.8. The first-order valence-electron chi connectivity index (χ1n) is 17.5. The second-order valence-electron chi connectivity index (χ2n) is 11.5. The van der Waals surface area contributed by atoms with E-state index in [1.807, 2.05) is 0 Å². The van der Waals surface area contributed by atoms with E-state index in [1.54, 1.807) is 6.92 Å². The van der Waals surface area contributed by atoms with Crippen molar-refractivity contribution in [1.82, 2.24) is 0 Å². The second kappa shape index (κ2) is 30.8. The van der Waals surface area contributed by atoms with Crippen molar-refractivity contribution in [2.45, 2.75) is 175 Å². The van der Waals surface area contributed by atoms with Gasteiger partial charge < -0.3 is 14.4 Å². The Morgan fingerprint density at radius 3 is 1.56 bits per heavy atom. The smallest absolute Gasteiger partial charge is 0.462 e. The molecule has 0 bridgehead atoms. The summed E-state index contributed by atoms with van der Waals surface area (Å²) < 4.78 is 32.4. The third kappa shape index (κ3) is 30.6. The number of phosphoric acid groups is 1. The van der Waals surface area contributed by atoms with Gasteiger partial charge >= 0.3 is 19.8 Å². The fourth-order valence-electron chi connectivity index (χ4n) is 4.74. The van der Waals surface area contributed by atoms with Crippen molar-refractivity contribution in [1.29, 1.82) is 0 Å². The Balaban J connectivity index is 4.19. The van der Waals surface area contributed by atoms with E-state index in [0.717, 1.165) is 51.4 Å². The number of allylic oxidation sites excluding steroid dienone is 2. The topological polar surface area (TPSA) is 108 Å². The Labute approximate surface area is 263 Å². The monoisotopic (exact) mass is 632 g/mol. The number of esters is 2. The maximum Gasteiger partial charge on any atom is 0.472 e. The molecule has 0 heterocycles. The lowest BCUT2D eigenvalue weighted by Gasteiger charge is -2.19. The van der Waals surface area contributed by atoms with Gasteiger partial charge in [-0.3, -0.25) is 18.6 Å². The minimum atomic E-state index is -4.26. The summed E-state index contributed by atoms with van der Waals surface area (Å²) in [6, 6.07) is 0. The van der Waals surface area contributed by atoms with E-state index in [2.05, 4.69) is 26.0 Å². The van der Waals surface area contributed by atoms with Crippen LogP contribution in [0.5, 0.6) is 0 Å². The molecule has 0 fully saturated rings. The molecule has 254 valence electrons. The first-order valence-corrected chi connectivity index (χ1v) is 19.0. The molecule has 0 aliphatic rings. The lowest BCUT2D eigenvalue weighted by Crippen LogP contribution is -2.29. The Kier molecular flexibility index (Phi) is 29.9. The van der Waals surface area contributed by atoms with Crippen LogP contribution in [-0.2, 0) is 32.7 Å². The zero-order valence-electron chi connectivity index (χ0n) is 27.9. The highest BCUT2D eigenvalue weighted by molar-refractivity contribution is 7.47. The highest BCUT2D eigenvalue weighted by Crippen LogP contribution is 2.43. The molecule has 0 radical (unpaired) electrons. The summed E-state index contributed by atoms with van der Waals surface area (Å²) in [5.74, 6) is -0.807. The Morgan fingerprint density at radius 2 is 1.05 bits per heavy atom. The summed E-state index contributed by atoms with van der Waals surface area (Å²) in [4.78, 5) is 34.4. The lowest BCUT2D eigenvalue weighted by atomic mass is 10.1. The molecule has 9 heteroatoms. The van der Waals surface area contributed by atoms with Gasteiger partial charge in [0.2, 0.25) is 0 Å². The van der Waals surface area contributed by atoms with Crippen molar-refractivity contribution < 1.29 is 37.6 Å². The minimum absolute atomic E-state index is 0.00177. The van der Waals surface area contributed by atoms with Crippen LogP contribution in [0.4, 0.5) is 0 Å². The van der Waals surface area contributed by atoms with Crippen LogP contribution in [0.25, 0.3) is 0 Å². The summed E-state index contributed by atoms with van der Waals surface area (Å²) in [5.41, 5.74) is 0. The third-order valence-corrected chi connectivity index (χ3v) is 8.38. The van der Waals surface area contributed by atoms with Crippen LogP contribution in [0.3, 0.4) is 0 Å². The molecular formula is C34H65O8P. The molecular weight excluding hydrogens is 567 g/mol. The van der Waals surface area contributed by atoms with E-state index in [1.165, 1.54) is 83.5 Å². The molecule has 1 N–H and O–H groups in total. The number of hydrogen-bond acceptors (Lipinski definition) is 7. The lowest BCUT2D eigenvalue weighted by molar-refractivity contribution is -0.161. The number of carbonyl (C=O) groups excluding carboxylic acids is 2. The van der Waals surface area contributed by atoms with Gasteiger partial charge in [-0.2, -0.15) is 0 Å². The molecule has 2 atom stereocenters. The summed E-state index contributed by atoms with van der Waals surface area (Å²) in [6.07, 6.45) is 28.4. The number of ether oxygens (including phenoxy) is 2. The molecule has 0 aliphatic heterocycles. The quantitative estimate of drug-likeness (QED) is 0.0338. The Hall–Kier alpha value is -1.21. The standard InChI is InChI=1S/C34H65O8P/c1-4-7-9-11-13-15-17-18-19-21-22-24-26-28-33(35)39-30-32(31-41-43(37,38)40-6-3)42-34(36)29-27-25-23-20-16-14-12-10-8-5-2/h15,17,32H,4-14,16,18-31H2,1-3H3,(H,37,38)/b17-15-/t32-/m1/s1. The molecule has 0 amide bonds. The van der Waals surface area contributed by atoms with Gasteiger partial charge in [-0.05, 0) is 45.4 Å². The van der Waals surface area contributed by atoms with E-state index >= 15 is 0 Å². The maximum atomic E-state index is 12.4. The predicted octanol–water partition coefficient (Wildman–Crippen LogP) is 10.2. The van der Waals surface area contributed by atoms with Gasteiger partial charge in [-0.1, -0.05) is 122 Å². The molecule has 43 heavy (non-hydrogen) atoms. The molecule has 0 rings (SSSR count). The molecule has 0 aliphatic carbocycles. The highest BCUT2D eigenvalue weighted by Gasteiger charge is 2.25.